The third-order valence-corrected chi connectivity index (χ3v) is 4.23. The lowest BCUT2D eigenvalue weighted by Gasteiger charge is -2.20. The van der Waals surface area contributed by atoms with Gasteiger partial charge in [0.25, 0.3) is 5.56 Å². The summed E-state index contributed by atoms with van der Waals surface area (Å²) < 4.78 is 19.4. The van der Waals surface area contributed by atoms with Crippen molar-refractivity contribution in [3.63, 3.8) is 0 Å². The largest absolute Gasteiger partial charge is 0.422 e. The quantitative estimate of drug-likeness (QED) is 0.502. The Hall–Kier alpha value is -4.01. The molecule has 0 bridgehead atoms. The fourth-order valence-electron chi connectivity index (χ4n) is 2.65. The first kappa shape index (κ1) is 21.7. The third kappa shape index (κ3) is 5.33. The zero-order valence-corrected chi connectivity index (χ0v) is 17.2. The molecule has 0 aliphatic rings. The molecule has 1 N–H and O–H groups in total. The highest BCUT2D eigenvalue weighted by Crippen LogP contribution is 2.19. The second-order valence-electron chi connectivity index (χ2n) is 6.99. The normalized spacial score (nSPS) is 10.6. The highest BCUT2D eigenvalue weighted by Gasteiger charge is 2.15. The van der Waals surface area contributed by atoms with Crippen molar-refractivity contribution in [2.75, 3.05) is 11.9 Å². The van der Waals surface area contributed by atoms with Crippen LogP contribution < -0.4 is 20.5 Å². The molecule has 2 aromatic carbocycles. The minimum atomic E-state index is -0.769. The van der Waals surface area contributed by atoms with Crippen LogP contribution in [0.2, 0.25) is 0 Å². The van der Waals surface area contributed by atoms with Gasteiger partial charge in [-0.3, -0.25) is 9.69 Å². The van der Waals surface area contributed by atoms with Gasteiger partial charge in [-0.05, 0) is 68.4 Å². The fraction of sp³-hybridized carbons (Fsp3) is 0.182. The van der Waals surface area contributed by atoms with Crippen molar-refractivity contribution in [3.05, 3.63) is 82.5 Å². The monoisotopic (exact) mass is 424 g/mol. The van der Waals surface area contributed by atoms with E-state index in [1.54, 1.807) is 31.3 Å². The van der Waals surface area contributed by atoms with Crippen molar-refractivity contribution in [1.29, 1.82) is 0 Å². The molecule has 0 atom stereocenters. The lowest BCUT2D eigenvalue weighted by atomic mass is 10.3. The molecule has 3 rings (SSSR count). The standard InChI is InChI=1S/C22H21FN4O4/c1-14(2)24-22(30)26(3)16-8-10-18(11-9-16)31-21(29)19-12-13-20(28)27(25-19)17-6-4-15(23)5-7-17/h4-14H,1-3H3,(H,24,30). The second kappa shape index (κ2) is 9.21. The average Bonchev–Trinajstić information content (AvgIpc) is 2.74. The molecule has 0 saturated heterocycles. The zero-order valence-electron chi connectivity index (χ0n) is 17.2. The van der Waals surface area contributed by atoms with Crippen LogP contribution in [-0.4, -0.2) is 34.9 Å². The van der Waals surface area contributed by atoms with E-state index in [0.717, 1.165) is 4.68 Å². The summed E-state index contributed by atoms with van der Waals surface area (Å²) in [6, 6.07) is 13.7. The average molecular weight is 424 g/mol. The van der Waals surface area contributed by atoms with E-state index in [-0.39, 0.29) is 23.5 Å². The molecular weight excluding hydrogens is 403 g/mol. The fourth-order valence-corrected chi connectivity index (χ4v) is 2.65. The van der Waals surface area contributed by atoms with Gasteiger partial charge in [-0.25, -0.2) is 14.0 Å². The maximum Gasteiger partial charge on any atom is 0.364 e. The third-order valence-electron chi connectivity index (χ3n) is 4.23. The van der Waals surface area contributed by atoms with Crippen LogP contribution in [0, 0.1) is 5.82 Å². The molecule has 160 valence electrons. The van der Waals surface area contributed by atoms with E-state index in [0.29, 0.717) is 11.4 Å². The van der Waals surface area contributed by atoms with Crippen LogP contribution in [0.4, 0.5) is 14.9 Å². The molecule has 1 heterocycles. The van der Waals surface area contributed by atoms with Gasteiger partial charge in [0.2, 0.25) is 0 Å². The molecule has 0 aliphatic carbocycles. The first-order valence-electron chi connectivity index (χ1n) is 9.47. The number of anilines is 1. The van der Waals surface area contributed by atoms with E-state index < -0.39 is 17.3 Å². The Morgan fingerprint density at radius 3 is 2.29 bits per heavy atom. The number of hydrogen-bond acceptors (Lipinski definition) is 5. The summed E-state index contributed by atoms with van der Waals surface area (Å²) in [4.78, 5) is 38.1. The van der Waals surface area contributed by atoms with Gasteiger partial charge in [-0.2, -0.15) is 9.78 Å². The number of nitrogens with zero attached hydrogens (tertiary/aromatic N) is 3. The van der Waals surface area contributed by atoms with Crippen molar-refractivity contribution in [2.24, 2.45) is 0 Å². The molecule has 0 aliphatic heterocycles. The SMILES string of the molecule is CC(C)NC(=O)N(C)c1ccc(OC(=O)c2ccc(=O)n(-c3ccc(F)cc3)n2)cc1. The van der Waals surface area contributed by atoms with Crippen LogP contribution >= 0.6 is 0 Å². The highest BCUT2D eigenvalue weighted by molar-refractivity contribution is 5.92. The molecule has 9 heteroatoms. The van der Waals surface area contributed by atoms with Crippen LogP contribution in [0.25, 0.3) is 5.69 Å². The van der Waals surface area contributed by atoms with Gasteiger partial charge in [0, 0.05) is 24.8 Å². The van der Waals surface area contributed by atoms with Crippen molar-refractivity contribution >= 4 is 17.7 Å². The maximum absolute atomic E-state index is 13.1. The van der Waals surface area contributed by atoms with Crippen molar-refractivity contribution in [2.45, 2.75) is 19.9 Å². The summed E-state index contributed by atoms with van der Waals surface area (Å²) in [7, 11) is 1.63. The van der Waals surface area contributed by atoms with Crippen LogP contribution in [0.15, 0.2) is 65.5 Å². The number of amides is 2. The first-order chi connectivity index (χ1) is 14.7. The van der Waals surface area contributed by atoms with E-state index in [9.17, 15) is 18.8 Å². The number of aromatic nitrogens is 2. The Labute approximate surface area is 177 Å². The van der Waals surface area contributed by atoms with Crippen molar-refractivity contribution in [3.8, 4) is 11.4 Å². The van der Waals surface area contributed by atoms with E-state index in [4.69, 9.17) is 4.74 Å². The van der Waals surface area contributed by atoms with Crippen LogP contribution in [0.3, 0.4) is 0 Å². The van der Waals surface area contributed by atoms with Gasteiger partial charge in [-0.15, -0.1) is 0 Å². The molecule has 0 fully saturated rings. The molecular formula is C22H21FN4O4. The predicted octanol–water partition coefficient (Wildman–Crippen LogP) is 3.15. The highest BCUT2D eigenvalue weighted by atomic mass is 19.1. The number of urea groups is 1. The Morgan fingerprint density at radius 2 is 1.68 bits per heavy atom. The molecule has 8 nitrogen and oxygen atoms in total. The number of hydrogen-bond donors (Lipinski definition) is 1. The number of rotatable bonds is 5. The van der Waals surface area contributed by atoms with Gasteiger partial charge >= 0.3 is 12.0 Å². The van der Waals surface area contributed by atoms with Crippen LogP contribution in [0.5, 0.6) is 5.75 Å². The van der Waals surface area contributed by atoms with Gasteiger partial charge in [-0.1, -0.05) is 0 Å². The second-order valence-corrected chi connectivity index (χ2v) is 6.99. The predicted molar refractivity (Wildman–Crippen MR) is 113 cm³/mol. The summed E-state index contributed by atoms with van der Waals surface area (Å²) in [5, 5.41) is 6.79. The molecule has 3 aromatic rings. The number of esters is 1. The summed E-state index contributed by atoms with van der Waals surface area (Å²) in [5.74, 6) is -0.981. The number of halogens is 1. The van der Waals surface area contributed by atoms with Crippen molar-refractivity contribution < 1.29 is 18.7 Å². The minimum absolute atomic E-state index is 0.000794. The Balaban J connectivity index is 1.74. The van der Waals surface area contributed by atoms with Crippen LogP contribution in [0.1, 0.15) is 24.3 Å². The summed E-state index contributed by atoms with van der Waals surface area (Å²) in [6.07, 6.45) is 0. The van der Waals surface area contributed by atoms with Gasteiger partial charge in [0.15, 0.2) is 5.69 Å². The summed E-state index contributed by atoms with van der Waals surface area (Å²) in [6.45, 7) is 3.73. The number of carbonyl (C=O) groups is 2. The molecule has 31 heavy (non-hydrogen) atoms. The summed E-state index contributed by atoms with van der Waals surface area (Å²) >= 11 is 0. The number of nitrogens with one attached hydrogen (secondary N) is 1. The minimum Gasteiger partial charge on any atom is -0.422 e. The smallest absolute Gasteiger partial charge is 0.364 e. The Morgan fingerprint density at radius 1 is 1.03 bits per heavy atom. The Bertz CT molecular complexity index is 1140. The zero-order chi connectivity index (χ0) is 22.5. The van der Waals surface area contributed by atoms with Gasteiger partial charge in [0.1, 0.15) is 11.6 Å². The van der Waals surface area contributed by atoms with Crippen molar-refractivity contribution in [1.82, 2.24) is 15.1 Å². The topological polar surface area (TPSA) is 93.5 Å². The van der Waals surface area contributed by atoms with Gasteiger partial charge < -0.3 is 10.1 Å². The van der Waals surface area contributed by atoms with Gasteiger partial charge in [0.05, 0.1) is 5.69 Å². The summed E-state index contributed by atoms with van der Waals surface area (Å²) in [5.41, 5.74) is 0.353. The number of benzene rings is 2. The van der Waals surface area contributed by atoms with E-state index in [2.05, 4.69) is 10.4 Å². The van der Waals surface area contributed by atoms with E-state index >= 15 is 0 Å². The molecule has 0 unspecified atom stereocenters. The maximum atomic E-state index is 13.1. The lowest BCUT2D eigenvalue weighted by molar-refractivity contribution is 0.0726. The molecule has 0 saturated carbocycles. The molecule has 2 amide bonds. The van der Waals surface area contributed by atoms with E-state index in [1.807, 2.05) is 13.8 Å². The number of ether oxygens (including phenoxy) is 1. The Kier molecular flexibility index (Phi) is 6.44. The first-order valence-corrected chi connectivity index (χ1v) is 9.47. The molecule has 1 aromatic heterocycles. The lowest BCUT2D eigenvalue weighted by Crippen LogP contribution is -2.40. The van der Waals surface area contributed by atoms with E-state index in [1.165, 1.54) is 41.3 Å². The number of carbonyl (C=O) groups excluding carboxylic acids is 2. The van der Waals surface area contributed by atoms with Crippen LogP contribution in [-0.2, 0) is 0 Å². The molecule has 0 radical (unpaired) electrons. The molecule has 0 spiro atoms.